The average molecular weight is 552 g/mol. The van der Waals surface area contributed by atoms with Gasteiger partial charge in [0.1, 0.15) is 5.83 Å². The molecule has 2 aliphatic heterocycles. The van der Waals surface area contributed by atoms with E-state index >= 15 is 0 Å². The summed E-state index contributed by atoms with van der Waals surface area (Å²) in [7, 11) is -3.16. The quantitative estimate of drug-likeness (QED) is 0.620. The van der Waals surface area contributed by atoms with E-state index < -0.39 is 10.0 Å². The Morgan fingerprint density at radius 2 is 1.59 bits per heavy atom. The van der Waals surface area contributed by atoms with E-state index in [9.17, 15) is 17.6 Å². The molecule has 4 aliphatic carbocycles. The number of nitrogens with one attached hydrogen (secondary N) is 1. The topological polar surface area (TPSA) is 76.2 Å². The summed E-state index contributed by atoms with van der Waals surface area (Å²) in [5, 5.41) is 3.30. The molecule has 2 saturated carbocycles. The molecule has 4 unspecified atom stereocenters. The second-order valence-electron chi connectivity index (χ2n) is 11.5. The third kappa shape index (κ3) is 4.19. The molecule has 0 aromatic heterocycles. The fraction of sp³-hybridized carbons (Fsp3) is 0.483. The Balaban J connectivity index is 1.06. The summed E-state index contributed by atoms with van der Waals surface area (Å²) >= 11 is 0. The first-order chi connectivity index (χ1) is 18.8. The summed E-state index contributed by atoms with van der Waals surface area (Å²) in [5.41, 5.74) is 4.96. The zero-order chi connectivity index (χ0) is 26.9. The predicted molar refractivity (Wildman–Crippen MR) is 151 cm³/mol. The fourth-order valence-corrected chi connectivity index (χ4v) is 8.32. The standard InChI is InChI=1S/C29H34FN5O3S/c1-39(37,38)33-12-10-32(11-13-33)21-6-8-22(9-7-21)34-14-15-35(26-5-3-2-4-25(26)34)29(36)31-28-20-16-19-17-23(28)27(19)24(30)18-20/h2-9,19-20,23,28H,10-18H2,1H3,(H,31,36). The van der Waals surface area contributed by atoms with Crippen LogP contribution in [-0.2, 0) is 10.0 Å². The molecule has 1 saturated heterocycles. The lowest BCUT2D eigenvalue weighted by atomic mass is 9.51. The van der Waals surface area contributed by atoms with Crippen LogP contribution in [0.1, 0.15) is 19.3 Å². The van der Waals surface area contributed by atoms with Gasteiger partial charge in [0.25, 0.3) is 0 Å². The van der Waals surface area contributed by atoms with Crippen molar-refractivity contribution in [2.24, 2.45) is 17.8 Å². The lowest BCUT2D eigenvalue weighted by Gasteiger charge is -2.57. The van der Waals surface area contributed by atoms with Crippen LogP contribution in [0.5, 0.6) is 0 Å². The highest BCUT2D eigenvalue weighted by Crippen LogP contribution is 2.59. The van der Waals surface area contributed by atoms with Gasteiger partial charge in [0.2, 0.25) is 10.0 Å². The summed E-state index contributed by atoms with van der Waals surface area (Å²) in [4.78, 5) is 19.8. The predicted octanol–water partition coefficient (Wildman–Crippen LogP) is 4.09. The molecule has 0 radical (unpaired) electrons. The molecule has 2 heterocycles. The lowest BCUT2D eigenvalue weighted by molar-refractivity contribution is 0.0656. The molecule has 2 aromatic carbocycles. The fourth-order valence-electron chi connectivity index (χ4n) is 7.49. The van der Waals surface area contributed by atoms with Crippen LogP contribution in [0, 0.1) is 17.8 Å². The minimum Gasteiger partial charge on any atom is -0.369 e. The largest absolute Gasteiger partial charge is 0.369 e. The van der Waals surface area contributed by atoms with Crippen molar-refractivity contribution in [2.45, 2.75) is 25.3 Å². The SMILES string of the molecule is CS(=O)(=O)N1CCN(c2ccc(N3CCN(C(=O)NC4C5CC(F)=C6C(C5)CC64)c4ccccc43)cc2)CC1. The number of anilines is 4. The Hall–Kier alpha value is -3.11. The van der Waals surface area contributed by atoms with Gasteiger partial charge in [-0.25, -0.2) is 17.6 Å². The van der Waals surface area contributed by atoms with Gasteiger partial charge < -0.3 is 15.1 Å². The molecule has 2 amide bonds. The first-order valence-electron chi connectivity index (χ1n) is 13.9. The van der Waals surface area contributed by atoms with Gasteiger partial charge in [-0.15, -0.1) is 0 Å². The number of carbonyl (C=O) groups is 1. The number of sulfonamides is 1. The number of hydrogen-bond donors (Lipinski definition) is 1. The van der Waals surface area contributed by atoms with Crippen molar-refractivity contribution in [2.75, 3.05) is 60.2 Å². The first kappa shape index (κ1) is 24.9. The van der Waals surface area contributed by atoms with Gasteiger partial charge >= 0.3 is 6.03 Å². The van der Waals surface area contributed by atoms with E-state index in [1.807, 2.05) is 29.2 Å². The van der Waals surface area contributed by atoms with Crippen LogP contribution in [0.15, 0.2) is 59.9 Å². The molecule has 206 valence electrons. The van der Waals surface area contributed by atoms with Gasteiger partial charge in [0, 0.05) is 69.0 Å². The minimum atomic E-state index is -3.16. The van der Waals surface area contributed by atoms with Gasteiger partial charge in [0.05, 0.1) is 17.6 Å². The molecule has 0 spiro atoms. The van der Waals surface area contributed by atoms with Gasteiger partial charge in [-0.1, -0.05) is 12.1 Å². The third-order valence-corrected chi connectivity index (χ3v) is 10.7. The Morgan fingerprint density at radius 3 is 2.26 bits per heavy atom. The van der Waals surface area contributed by atoms with E-state index in [1.54, 1.807) is 0 Å². The number of fused-ring (bicyclic) bond motifs is 2. The number of benzene rings is 2. The van der Waals surface area contributed by atoms with Crippen molar-refractivity contribution in [3.63, 3.8) is 0 Å². The highest BCUT2D eigenvalue weighted by Gasteiger charge is 2.55. The Morgan fingerprint density at radius 1 is 0.897 bits per heavy atom. The van der Waals surface area contributed by atoms with Crippen molar-refractivity contribution < 1.29 is 17.6 Å². The lowest BCUT2D eigenvalue weighted by Crippen LogP contribution is -2.61. The second-order valence-corrected chi connectivity index (χ2v) is 13.5. The number of hydrogen-bond acceptors (Lipinski definition) is 5. The van der Waals surface area contributed by atoms with E-state index in [4.69, 9.17) is 0 Å². The number of carbonyl (C=O) groups excluding carboxylic acids is 1. The van der Waals surface area contributed by atoms with Crippen molar-refractivity contribution in [3.05, 3.63) is 59.9 Å². The molecule has 4 atom stereocenters. The smallest absolute Gasteiger partial charge is 0.322 e. The number of allylic oxidation sites excluding steroid dienone is 1. The van der Waals surface area contributed by atoms with Crippen LogP contribution < -0.4 is 20.0 Å². The highest BCUT2D eigenvalue weighted by atomic mass is 32.2. The number of piperazine rings is 1. The zero-order valence-corrected chi connectivity index (χ0v) is 22.9. The maximum absolute atomic E-state index is 14.3. The summed E-state index contributed by atoms with van der Waals surface area (Å²) in [6, 6.07) is 16.3. The molecular weight excluding hydrogens is 517 g/mol. The second kappa shape index (κ2) is 9.23. The molecule has 8 nitrogen and oxygen atoms in total. The highest BCUT2D eigenvalue weighted by molar-refractivity contribution is 7.88. The van der Waals surface area contributed by atoms with Crippen LogP contribution in [-0.4, -0.2) is 70.3 Å². The van der Waals surface area contributed by atoms with Gasteiger partial charge in [-0.05, 0) is 66.6 Å². The van der Waals surface area contributed by atoms with Crippen molar-refractivity contribution >= 4 is 38.8 Å². The third-order valence-electron chi connectivity index (χ3n) is 9.44. The molecule has 10 heteroatoms. The van der Waals surface area contributed by atoms with Crippen LogP contribution in [0.2, 0.25) is 0 Å². The molecule has 39 heavy (non-hydrogen) atoms. The summed E-state index contributed by atoms with van der Waals surface area (Å²) in [6.45, 7) is 3.53. The molecule has 1 N–H and O–H groups in total. The van der Waals surface area contributed by atoms with Crippen molar-refractivity contribution in [1.82, 2.24) is 9.62 Å². The number of rotatable bonds is 4. The molecule has 3 fully saturated rings. The molecular formula is C29H34FN5O3S. The van der Waals surface area contributed by atoms with E-state index in [0.717, 1.165) is 41.2 Å². The molecule has 8 rings (SSSR count). The minimum absolute atomic E-state index is 0.0361. The van der Waals surface area contributed by atoms with E-state index in [0.29, 0.717) is 51.6 Å². The zero-order valence-electron chi connectivity index (χ0n) is 22.1. The van der Waals surface area contributed by atoms with Crippen LogP contribution in [0.3, 0.4) is 0 Å². The maximum atomic E-state index is 14.3. The summed E-state index contributed by atoms with van der Waals surface area (Å²) in [5.74, 6) is 0.879. The number of amides is 2. The Bertz CT molecular complexity index is 1440. The first-order valence-corrected chi connectivity index (χ1v) is 15.8. The Labute approximate surface area is 229 Å². The molecule has 6 aliphatic rings. The monoisotopic (exact) mass is 551 g/mol. The number of nitrogens with zero attached hydrogens (tertiary/aromatic N) is 4. The van der Waals surface area contributed by atoms with Gasteiger partial charge in [-0.2, -0.15) is 4.31 Å². The van der Waals surface area contributed by atoms with E-state index in [1.165, 1.54) is 10.6 Å². The number of para-hydroxylation sites is 2. The maximum Gasteiger partial charge on any atom is 0.322 e. The van der Waals surface area contributed by atoms with E-state index in [2.05, 4.69) is 39.4 Å². The summed E-state index contributed by atoms with van der Waals surface area (Å²) < 4.78 is 39.5. The van der Waals surface area contributed by atoms with Crippen molar-refractivity contribution in [3.8, 4) is 0 Å². The van der Waals surface area contributed by atoms with Gasteiger partial charge in [0.15, 0.2) is 0 Å². The number of urea groups is 1. The average Bonchev–Trinajstić information content (AvgIpc) is 2.92. The number of halogens is 1. The van der Waals surface area contributed by atoms with E-state index in [-0.39, 0.29) is 29.7 Å². The normalized spacial score (nSPS) is 28.3. The summed E-state index contributed by atoms with van der Waals surface area (Å²) in [6.07, 6.45) is 3.73. The molecule has 2 aromatic rings. The van der Waals surface area contributed by atoms with Gasteiger partial charge in [-0.3, -0.25) is 4.90 Å². The van der Waals surface area contributed by atoms with Crippen molar-refractivity contribution in [1.29, 1.82) is 0 Å². The Kier molecular flexibility index (Phi) is 5.89. The van der Waals surface area contributed by atoms with Crippen LogP contribution in [0.4, 0.5) is 31.9 Å². The molecule has 4 bridgehead atoms. The van der Waals surface area contributed by atoms with Crippen LogP contribution >= 0.6 is 0 Å². The van der Waals surface area contributed by atoms with Crippen LogP contribution in [0.25, 0.3) is 0 Å².